The molecule has 2 heterocycles. The van der Waals surface area contributed by atoms with E-state index in [1.807, 2.05) is 23.6 Å². The van der Waals surface area contributed by atoms with Gasteiger partial charge in [0.1, 0.15) is 16.6 Å². The van der Waals surface area contributed by atoms with Crippen molar-refractivity contribution >= 4 is 59.9 Å². The monoisotopic (exact) mass is 515 g/mol. The molecule has 0 bridgehead atoms. The third-order valence-corrected chi connectivity index (χ3v) is 8.15. The molecule has 10 heteroatoms. The van der Waals surface area contributed by atoms with Gasteiger partial charge in [0, 0.05) is 34.4 Å². The number of allylic oxidation sites excluding steroid dienone is 1. The standard InChI is InChI=1S/C25H17N5O2S3/c26-14-20(24-29-23(16-34-24)19-6-5-17-3-1-2-4-18(17)13-19)15-28-21-7-9-22(10-8-21)35(31,32)30-25-27-11-12-33-25/h1-13,15-16,28H,(H,27,30)/b20-15-. The van der Waals surface area contributed by atoms with Crippen molar-refractivity contribution in [3.63, 3.8) is 0 Å². The zero-order valence-electron chi connectivity index (χ0n) is 18.0. The molecule has 0 aliphatic carbocycles. The molecule has 7 nitrogen and oxygen atoms in total. The van der Waals surface area contributed by atoms with Crippen LogP contribution in [-0.4, -0.2) is 18.4 Å². The van der Waals surface area contributed by atoms with Gasteiger partial charge in [0.05, 0.1) is 10.6 Å². The van der Waals surface area contributed by atoms with Crippen LogP contribution in [0.2, 0.25) is 0 Å². The number of benzene rings is 3. The second-order valence-corrected chi connectivity index (χ2v) is 10.8. The quantitative estimate of drug-likeness (QED) is 0.250. The zero-order valence-corrected chi connectivity index (χ0v) is 20.5. The molecule has 0 saturated carbocycles. The van der Waals surface area contributed by atoms with Gasteiger partial charge in [-0.15, -0.1) is 22.7 Å². The van der Waals surface area contributed by atoms with Gasteiger partial charge in [0.25, 0.3) is 10.0 Å². The van der Waals surface area contributed by atoms with E-state index in [9.17, 15) is 13.7 Å². The Hall–Kier alpha value is -4.04. The highest BCUT2D eigenvalue weighted by atomic mass is 32.2. The summed E-state index contributed by atoms with van der Waals surface area (Å²) < 4.78 is 27.4. The Kier molecular flexibility index (Phi) is 6.29. The summed E-state index contributed by atoms with van der Waals surface area (Å²) in [4.78, 5) is 8.70. The summed E-state index contributed by atoms with van der Waals surface area (Å²) in [5, 5.41) is 19.5. The number of thiazole rings is 2. The lowest BCUT2D eigenvalue weighted by atomic mass is 10.1. The van der Waals surface area contributed by atoms with E-state index in [1.54, 1.807) is 23.7 Å². The number of anilines is 2. The normalized spacial score (nSPS) is 11.8. The molecule has 35 heavy (non-hydrogen) atoms. The van der Waals surface area contributed by atoms with Gasteiger partial charge in [-0.1, -0.05) is 36.4 Å². The van der Waals surface area contributed by atoms with Crippen LogP contribution in [-0.2, 0) is 10.0 Å². The van der Waals surface area contributed by atoms with Crippen molar-refractivity contribution in [1.82, 2.24) is 9.97 Å². The first-order valence-electron chi connectivity index (χ1n) is 10.4. The van der Waals surface area contributed by atoms with Gasteiger partial charge in [-0.3, -0.25) is 4.72 Å². The molecule has 0 atom stereocenters. The van der Waals surface area contributed by atoms with E-state index in [0.717, 1.165) is 22.0 Å². The first kappa shape index (κ1) is 22.7. The van der Waals surface area contributed by atoms with Gasteiger partial charge in [-0.05, 0) is 41.1 Å². The fraction of sp³-hybridized carbons (Fsp3) is 0. The largest absolute Gasteiger partial charge is 0.360 e. The van der Waals surface area contributed by atoms with Gasteiger partial charge in [-0.2, -0.15) is 5.26 Å². The van der Waals surface area contributed by atoms with E-state index in [2.05, 4.69) is 50.3 Å². The Labute approximate surface area is 210 Å². The summed E-state index contributed by atoms with van der Waals surface area (Å²) in [5.41, 5.74) is 2.81. The van der Waals surface area contributed by atoms with Crippen molar-refractivity contribution in [2.45, 2.75) is 4.90 Å². The lowest BCUT2D eigenvalue weighted by molar-refractivity contribution is 0.601. The Balaban J connectivity index is 1.31. The number of sulfonamides is 1. The number of aromatic nitrogens is 2. The lowest BCUT2D eigenvalue weighted by Gasteiger charge is -2.06. The molecular weight excluding hydrogens is 499 g/mol. The third kappa shape index (κ3) is 5.07. The van der Waals surface area contributed by atoms with Gasteiger partial charge < -0.3 is 5.32 Å². The van der Waals surface area contributed by atoms with Crippen molar-refractivity contribution in [3.8, 4) is 17.3 Å². The Morgan fingerprint density at radius 2 is 1.80 bits per heavy atom. The molecule has 172 valence electrons. The van der Waals surface area contributed by atoms with Crippen LogP contribution in [0.15, 0.2) is 94.8 Å². The van der Waals surface area contributed by atoms with Gasteiger partial charge >= 0.3 is 0 Å². The summed E-state index contributed by atoms with van der Waals surface area (Å²) in [6.07, 6.45) is 3.10. The Bertz CT molecular complexity index is 1670. The molecule has 0 unspecified atom stereocenters. The first-order valence-corrected chi connectivity index (χ1v) is 13.6. The molecule has 0 saturated heterocycles. The van der Waals surface area contributed by atoms with Crippen molar-refractivity contribution in [2.24, 2.45) is 0 Å². The molecule has 3 aromatic carbocycles. The highest BCUT2D eigenvalue weighted by molar-refractivity contribution is 7.93. The van der Waals surface area contributed by atoms with Gasteiger partial charge in [-0.25, -0.2) is 18.4 Å². The molecule has 2 aromatic heterocycles. The number of nitrogens with one attached hydrogen (secondary N) is 2. The third-order valence-electron chi connectivity index (χ3n) is 5.10. The van der Waals surface area contributed by atoms with E-state index >= 15 is 0 Å². The Morgan fingerprint density at radius 1 is 1.00 bits per heavy atom. The number of hydrogen-bond acceptors (Lipinski definition) is 8. The predicted molar refractivity (Wildman–Crippen MR) is 142 cm³/mol. The SMILES string of the molecule is N#C/C(=C/Nc1ccc(S(=O)(=O)Nc2nccs2)cc1)c1nc(-c2ccc3ccccc3c2)cs1. The van der Waals surface area contributed by atoms with E-state index < -0.39 is 10.0 Å². The Morgan fingerprint density at radius 3 is 2.54 bits per heavy atom. The fourth-order valence-corrected chi connectivity index (χ4v) is 5.94. The van der Waals surface area contributed by atoms with E-state index in [0.29, 0.717) is 21.4 Å². The van der Waals surface area contributed by atoms with Crippen molar-refractivity contribution in [1.29, 1.82) is 5.26 Å². The average Bonchev–Trinajstić information content (AvgIpc) is 3.57. The van der Waals surface area contributed by atoms with Crippen molar-refractivity contribution in [3.05, 3.63) is 94.9 Å². The summed E-state index contributed by atoms with van der Waals surface area (Å²) in [6, 6.07) is 22.7. The summed E-state index contributed by atoms with van der Waals surface area (Å²) in [6.45, 7) is 0. The minimum Gasteiger partial charge on any atom is -0.360 e. The van der Waals surface area contributed by atoms with Crippen LogP contribution >= 0.6 is 22.7 Å². The number of hydrogen-bond donors (Lipinski definition) is 2. The fourth-order valence-electron chi connectivity index (χ4n) is 3.35. The minimum atomic E-state index is -3.72. The molecule has 0 radical (unpaired) electrons. The maximum atomic E-state index is 12.5. The molecule has 5 aromatic rings. The summed E-state index contributed by atoms with van der Waals surface area (Å²) in [7, 11) is -3.72. The second-order valence-electron chi connectivity index (χ2n) is 7.38. The van der Waals surface area contributed by atoms with Crippen LogP contribution < -0.4 is 10.0 Å². The molecule has 5 rings (SSSR count). The van der Waals surface area contributed by atoms with Gasteiger partial charge in [0.2, 0.25) is 0 Å². The highest BCUT2D eigenvalue weighted by Gasteiger charge is 2.15. The number of fused-ring (bicyclic) bond motifs is 1. The molecular formula is C25H17N5O2S3. The van der Waals surface area contributed by atoms with Crippen LogP contribution in [0.25, 0.3) is 27.6 Å². The predicted octanol–water partition coefficient (Wildman–Crippen LogP) is 6.20. The lowest BCUT2D eigenvalue weighted by Crippen LogP contribution is -2.12. The van der Waals surface area contributed by atoms with E-state index in [1.165, 1.54) is 41.0 Å². The number of rotatable bonds is 7. The second kappa shape index (κ2) is 9.68. The first-order chi connectivity index (χ1) is 17.0. The van der Waals surface area contributed by atoms with E-state index in [4.69, 9.17) is 0 Å². The summed E-state index contributed by atoms with van der Waals surface area (Å²) in [5.74, 6) is 0. The van der Waals surface area contributed by atoms with Crippen molar-refractivity contribution in [2.75, 3.05) is 10.0 Å². The number of nitriles is 1. The van der Waals surface area contributed by atoms with Gasteiger partial charge in [0.15, 0.2) is 5.13 Å². The number of nitrogens with zero attached hydrogens (tertiary/aromatic N) is 3. The molecule has 0 amide bonds. The molecule has 0 fully saturated rings. The molecule has 0 aliphatic rings. The summed E-state index contributed by atoms with van der Waals surface area (Å²) >= 11 is 2.59. The topological polar surface area (TPSA) is 108 Å². The molecule has 0 spiro atoms. The van der Waals surface area contributed by atoms with Crippen molar-refractivity contribution < 1.29 is 8.42 Å². The zero-order chi connectivity index (χ0) is 24.3. The maximum absolute atomic E-state index is 12.5. The van der Waals surface area contributed by atoms with Crippen LogP contribution in [0.3, 0.4) is 0 Å². The molecule has 0 aliphatic heterocycles. The molecule has 2 N–H and O–H groups in total. The van der Waals surface area contributed by atoms with E-state index in [-0.39, 0.29) is 4.90 Å². The smallest absolute Gasteiger partial charge is 0.263 e. The minimum absolute atomic E-state index is 0.114. The highest BCUT2D eigenvalue weighted by Crippen LogP contribution is 2.28. The maximum Gasteiger partial charge on any atom is 0.263 e. The van der Waals surface area contributed by atoms with Crippen LogP contribution in [0.4, 0.5) is 10.8 Å². The van der Waals surface area contributed by atoms with Crippen LogP contribution in [0, 0.1) is 11.3 Å². The van der Waals surface area contributed by atoms with Crippen LogP contribution in [0.1, 0.15) is 5.01 Å². The van der Waals surface area contributed by atoms with Crippen LogP contribution in [0.5, 0.6) is 0 Å². The average molecular weight is 516 g/mol.